The lowest BCUT2D eigenvalue weighted by Gasteiger charge is -2.52. The number of carbonyl (C=O) groups is 3. The largest absolute Gasteiger partial charge is 0.468 e. The van der Waals surface area contributed by atoms with E-state index < -0.39 is 22.7 Å². The van der Waals surface area contributed by atoms with Crippen molar-refractivity contribution in [3.63, 3.8) is 0 Å². The normalized spacial score (nSPS) is 27.1. The molecule has 1 aliphatic carbocycles. The molecular weight excluding hydrogens is 412 g/mol. The van der Waals surface area contributed by atoms with E-state index in [4.69, 9.17) is 4.74 Å². The van der Waals surface area contributed by atoms with Gasteiger partial charge in [0.25, 0.3) is 0 Å². The molecule has 1 fully saturated rings. The fourth-order valence-corrected chi connectivity index (χ4v) is 5.13. The van der Waals surface area contributed by atoms with Crippen LogP contribution in [0.2, 0.25) is 0 Å². The summed E-state index contributed by atoms with van der Waals surface area (Å²) >= 11 is 0. The minimum Gasteiger partial charge on any atom is -0.468 e. The van der Waals surface area contributed by atoms with Crippen LogP contribution in [-0.4, -0.2) is 24.6 Å². The molecule has 4 atom stereocenters. The fourth-order valence-electron chi connectivity index (χ4n) is 5.13. The van der Waals surface area contributed by atoms with E-state index in [1.807, 2.05) is 33.8 Å². The highest BCUT2D eigenvalue weighted by Crippen LogP contribution is 2.56. The van der Waals surface area contributed by atoms with E-state index in [-0.39, 0.29) is 29.8 Å². The maximum Gasteiger partial charge on any atom is 0.319 e. The van der Waals surface area contributed by atoms with Crippen LogP contribution in [0.3, 0.4) is 0 Å². The quantitative estimate of drug-likeness (QED) is 0.200. The Morgan fingerprint density at radius 1 is 1.00 bits per heavy atom. The molecule has 186 valence electrons. The molecule has 0 spiro atoms. The molecule has 1 aliphatic rings. The van der Waals surface area contributed by atoms with Crippen LogP contribution in [-0.2, 0) is 19.1 Å². The van der Waals surface area contributed by atoms with Gasteiger partial charge in [0.1, 0.15) is 11.2 Å². The Labute approximate surface area is 201 Å². The van der Waals surface area contributed by atoms with Crippen molar-refractivity contribution in [2.45, 2.75) is 94.4 Å². The van der Waals surface area contributed by atoms with Crippen molar-refractivity contribution in [1.29, 1.82) is 0 Å². The fraction of sp³-hybridized carbons (Fsp3) is 0.690. The SMILES string of the molecule is COC(=O)[C@@]1(CC=C(C)C)C[C@H](CC=C(C)C)[C@@](C)(CCC=C(C)C)[C@H](C(=O)C(C)C)C1=O. The maximum atomic E-state index is 14.2. The molecule has 1 saturated carbocycles. The van der Waals surface area contributed by atoms with Crippen LogP contribution in [0.15, 0.2) is 34.9 Å². The molecule has 0 bridgehead atoms. The van der Waals surface area contributed by atoms with Gasteiger partial charge in [-0.2, -0.15) is 0 Å². The Morgan fingerprint density at radius 2 is 1.55 bits per heavy atom. The van der Waals surface area contributed by atoms with Gasteiger partial charge in [-0.25, -0.2) is 0 Å². The first-order valence-corrected chi connectivity index (χ1v) is 12.3. The second-order valence-electron chi connectivity index (χ2n) is 11.2. The van der Waals surface area contributed by atoms with Gasteiger partial charge in [-0.1, -0.05) is 55.7 Å². The zero-order valence-corrected chi connectivity index (χ0v) is 22.6. The Bertz CT molecular complexity index is 817. The molecule has 0 aliphatic heterocycles. The number of rotatable bonds is 10. The molecule has 0 aromatic rings. The monoisotopic (exact) mass is 458 g/mol. The molecule has 4 nitrogen and oxygen atoms in total. The third-order valence-corrected chi connectivity index (χ3v) is 7.26. The first kappa shape index (κ1) is 29.1. The predicted molar refractivity (Wildman–Crippen MR) is 136 cm³/mol. The molecular formula is C29H46O4. The first-order valence-electron chi connectivity index (χ1n) is 12.3. The summed E-state index contributed by atoms with van der Waals surface area (Å²) in [7, 11) is 1.34. The summed E-state index contributed by atoms with van der Waals surface area (Å²) in [6.07, 6.45) is 9.24. The highest BCUT2D eigenvalue weighted by molar-refractivity contribution is 6.14. The van der Waals surface area contributed by atoms with E-state index in [2.05, 4.69) is 46.8 Å². The van der Waals surface area contributed by atoms with Crippen molar-refractivity contribution >= 4 is 17.5 Å². The Hall–Kier alpha value is -1.97. The topological polar surface area (TPSA) is 60.4 Å². The number of Topliss-reactive ketones (excluding diaryl/α,β-unsaturated/α-hetero) is 2. The summed E-state index contributed by atoms with van der Waals surface area (Å²) in [5, 5.41) is 0. The number of allylic oxidation sites excluding steroid dienone is 6. The Morgan fingerprint density at radius 3 is 2.00 bits per heavy atom. The summed E-state index contributed by atoms with van der Waals surface area (Å²) in [5.74, 6) is -1.93. The van der Waals surface area contributed by atoms with Gasteiger partial charge in [0.15, 0.2) is 5.78 Å². The van der Waals surface area contributed by atoms with Crippen LogP contribution in [0.5, 0.6) is 0 Å². The third kappa shape index (κ3) is 6.77. The smallest absolute Gasteiger partial charge is 0.319 e. The molecule has 0 unspecified atom stereocenters. The van der Waals surface area contributed by atoms with Gasteiger partial charge in [-0.15, -0.1) is 0 Å². The van der Waals surface area contributed by atoms with Gasteiger partial charge in [-0.3, -0.25) is 14.4 Å². The second kappa shape index (κ2) is 11.9. The number of ketones is 2. The lowest BCUT2D eigenvalue weighted by molar-refractivity contribution is -0.172. The standard InChI is InChI=1S/C29H46O4/c1-19(2)12-11-16-28(9)23(14-13-20(3)4)18-29(27(32)33-10,17-15-21(5)6)26(31)24(28)25(30)22(7)8/h12-13,15,22-24H,11,14,16-18H2,1-10H3/t23-,24+,28+,29-/m0/s1. The lowest BCUT2D eigenvalue weighted by Crippen LogP contribution is -2.59. The average molecular weight is 459 g/mol. The highest BCUT2D eigenvalue weighted by atomic mass is 16.5. The molecule has 33 heavy (non-hydrogen) atoms. The molecule has 0 saturated heterocycles. The molecule has 1 rings (SSSR count). The molecule has 0 aromatic carbocycles. The van der Waals surface area contributed by atoms with Crippen LogP contribution < -0.4 is 0 Å². The van der Waals surface area contributed by atoms with Crippen molar-refractivity contribution in [2.24, 2.45) is 28.6 Å². The van der Waals surface area contributed by atoms with E-state index in [9.17, 15) is 14.4 Å². The van der Waals surface area contributed by atoms with Gasteiger partial charge >= 0.3 is 5.97 Å². The third-order valence-electron chi connectivity index (χ3n) is 7.26. The van der Waals surface area contributed by atoms with Crippen LogP contribution >= 0.6 is 0 Å². The van der Waals surface area contributed by atoms with Crippen LogP contribution in [0, 0.1) is 28.6 Å². The van der Waals surface area contributed by atoms with E-state index in [0.717, 1.165) is 24.8 Å². The van der Waals surface area contributed by atoms with E-state index >= 15 is 0 Å². The van der Waals surface area contributed by atoms with Gasteiger partial charge in [0.2, 0.25) is 0 Å². The molecule has 0 aromatic heterocycles. The summed E-state index contributed by atoms with van der Waals surface area (Å²) in [6.45, 7) is 18.0. The van der Waals surface area contributed by atoms with Crippen molar-refractivity contribution in [2.75, 3.05) is 7.11 Å². The van der Waals surface area contributed by atoms with E-state index in [1.165, 1.54) is 18.3 Å². The van der Waals surface area contributed by atoms with Gasteiger partial charge in [-0.05, 0) is 85.0 Å². The van der Waals surface area contributed by atoms with Gasteiger partial charge in [0, 0.05) is 5.92 Å². The minimum atomic E-state index is -1.32. The van der Waals surface area contributed by atoms with Crippen molar-refractivity contribution < 1.29 is 19.1 Å². The molecule has 0 N–H and O–H groups in total. The second-order valence-corrected chi connectivity index (χ2v) is 11.2. The Balaban J connectivity index is 3.79. The summed E-state index contributed by atoms with van der Waals surface area (Å²) in [4.78, 5) is 41.1. The highest BCUT2D eigenvalue weighted by Gasteiger charge is 2.62. The van der Waals surface area contributed by atoms with Crippen molar-refractivity contribution in [1.82, 2.24) is 0 Å². The van der Waals surface area contributed by atoms with Crippen LogP contribution in [0.25, 0.3) is 0 Å². The summed E-state index contributed by atoms with van der Waals surface area (Å²) in [5.41, 5.74) is 1.60. The minimum absolute atomic E-state index is 0.00743. The van der Waals surface area contributed by atoms with Gasteiger partial charge < -0.3 is 4.74 Å². The van der Waals surface area contributed by atoms with Crippen molar-refractivity contribution in [3.05, 3.63) is 34.9 Å². The van der Waals surface area contributed by atoms with Crippen LogP contribution in [0.1, 0.15) is 94.4 Å². The molecule has 0 amide bonds. The lowest BCUT2D eigenvalue weighted by atomic mass is 9.49. The molecule has 4 heteroatoms. The zero-order chi connectivity index (χ0) is 25.6. The van der Waals surface area contributed by atoms with E-state index in [0.29, 0.717) is 6.42 Å². The number of ether oxygens (including phenoxy) is 1. The number of hydrogen-bond donors (Lipinski definition) is 0. The first-order chi connectivity index (χ1) is 15.2. The predicted octanol–water partition coefficient (Wildman–Crippen LogP) is 7.04. The average Bonchev–Trinajstić information content (AvgIpc) is 2.71. The molecule has 0 radical (unpaired) electrons. The van der Waals surface area contributed by atoms with Crippen molar-refractivity contribution in [3.8, 4) is 0 Å². The van der Waals surface area contributed by atoms with Crippen LogP contribution in [0.4, 0.5) is 0 Å². The van der Waals surface area contributed by atoms with Gasteiger partial charge in [0.05, 0.1) is 13.0 Å². The summed E-state index contributed by atoms with van der Waals surface area (Å²) in [6, 6.07) is 0. The maximum absolute atomic E-state index is 14.2. The number of esters is 1. The Kier molecular flexibility index (Phi) is 10.5. The van der Waals surface area contributed by atoms with E-state index in [1.54, 1.807) is 0 Å². The number of hydrogen-bond acceptors (Lipinski definition) is 4. The number of carbonyl (C=O) groups excluding carboxylic acids is 3. The molecule has 0 heterocycles. The summed E-state index contributed by atoms with van der Waals surface area (Å²) < 4.78 is 5.21. The number of methoxy groups -OCH3 is 1. The zero-order valence-electron chi connectivity index (χ0n) is 22.6.